The number of esters is 1. The number of ether oxygens (including phenoxy) is 3. The number of carbonyl (C=O) groups is 1. The molecule has 0 radical (unpaired) electrons. The van der Waals surface area contributed by atoms with Gasteiger partial charge in [-0.3, -0.25) is 19.5 Å². The molecule has 1 aromatic heterocycles. The van der Waals surface area contributed by atoms with Crippen LogP contribution in [0.2, 0.25) is 0 Å². The Morgan fingerprint density at radius 3 is 2.44 bits per heavy atom. The summed E-state index contributed by atoms with van der Waals surface area (Å²) in [5.74, 6) is 0.490. The molecule has 3 aromatic carbocycles. The average molecular weight is 600 g/mol. The van der Waals surface area contributed by atoms with Crippen LogP contribution >= 0.6 is 11.3 Å². The number of nitro groups is 1. The number of benzene rings is 3. The van der Waals surface area contributed by atoms with Gasteiger partial charge in [0.25, 0.3) is 11.2 Å². The molecule has 10 nitrogen and oxygen atoms in total. The van der Waals surface area contributed by atoms with Crippen LogP contribution in [0.5, 0.6) is 11.5 Å². The predicted molar refractivity (Wildman–Crippen MR) is 162 cm³/mol. The van der Waals surface area contributed by atoms with Crippen LogP contribution in [0.25, 0.3) is 6.08 Å². The fourth-order valence-electron chi connectivity index (χ4n) is 4.77. The topological polar surface area (TPSA) is 122 Å². The molecule has 1 aliphatic rings. The number of aromatic nitrogens is 1. The van der Waals surface area contributed by atoms with Gasteiger partial charge in [0, 0.05) is 12.1 Å². The number of carbonyl (C=O) groups excluding carboxylic acids is 1. The van der Waals surface area contributed by atoms with Gasteiger partial charge < -0.3 is 14.2 Å². The van der Waals surface area contributed by atoms with E-state index in [9.17, 15) is 19.7 Å². The molecule has 1 atom stereocenters. The highest BCUT2D eigenvalue weighted by Gasteiger charge is 2.33. The van der Waals surface area contributed by atoms with Gasteiger partial charge in [-0.2, -0.15) is 0 Å². The van der Waals surface area contributed by atoms with Crippen molar-refractivity contribution >= 4 is 29.1 Å². The van der Waals surface area contributed by atoms with Crippen LogP contribution in [0.15, 0.2) is 93.9 Å². The molecular weight excluding hydrogens is 570 g/mol. The fourth-order valence-corrected chi connectivity index (χ4v) is 5.82. The van der Waals surface area contributed by atoms with Crippen LogP contribution in [0.3, 0.4) is 0 Å². The van der Waals surface area contributed by atoms with E-state index in [0.29, 0.717) is 44.3 Å². The predicted octanol–water partition coefficient (Wildman–Crippen LogP) is 4.68. The molecule has 220 valence electrons. The Kier molecular flexibility index (Phi) is 8.82. The number of allylic oxidation sites excluding steroid dienone is 1. The molecule has 0 aliphatic carbocycles. The molecular formula is C32H29N3O7S. The summed E-state index contributed by atoms with van der Waals surface area (Å²) in [6.45, 7) is 6.14. The van der Waals surface area contributed by atoms with Gasteiger partial charge in [-0.05, 0) is 67.8 Å². The molecule has 0 N–H and O–H groups in total. The van der Waals surface area contributed by atoms with Crippen LogP contribution in [0.4, 0.5) is 5.69 Å². The van der Waals surface area contributed by atoms with Gasteiger partial charge in [-0.1, -0.05) is 47.7 Å². The van der Waals surface area contributed by atoms with E-state index in [1.54, 1.807) is 48.8 Å². The standard InChI is InChI=1S/C32H29N3O7S/c1-4-40-26-17-22(13-16-25(26)42-19-21-11-14-24(15-12-21)35(38)39)18-27-30(36)34-29(23-9-7-6-8-10-23)28(31(37)41-5-2)20(3)33-32(34)43-27/h6-18,29H,4-5,19H2,1-3H3/b27-18+. The molecule has 0 amide bonds. The lowest BCUT2D eigenvalue weighted by molar-refractivity contribution is -0.384. The monoisotopic (exact) mass is 599 g/mol. The second kappa shape index (κ2) is 12.9. The highest BCUT2D eigenvalue weighted by atomic mass is 32.1. The highest BCUT2D eigenvalue weighted by Crippen LogP contribution is 2.31. The maximum Gasteiger partial charge on any atom is 0.338 e. The first-order valence-corrected chi connectivity index (χ1v) is 14.5. The van der Waals surface area contributed by atoms with E-state index in [4.69, 9.17) is 14.2 Å². The molecule has 4 aromatic rings. The number of rotatable bonds is 10. The van der Waals surface area contributed by atoms with Gasteiger partial charge in [0.15, 0.2) is 16.3 Å². The van der Waals surface area contributed by atoms with E-state index in [0.717, 1.165) is 11.1 Å². The van der Waals surface area contributed by atoms with Crippen LogP contribution in [-0.4, -0.2) is 28.7 Å². The van der Waals surface area contributed by atoms with Gasteiger partial charge in [0.05, 0.1) is 40.0 Å². The van der Waals surface area contributed by atoms with Crippen molar-refractivity contribution in [2.45, 2.75) is 33.4 Å². The van der Waals surface area contributed by atoms with Gasteiger partial charge in [0.2, 0.25) is 0 Å². The van der Waals surface area contributed by atoms with Crippen molar-refractivity contribution in [3.05, 3.63) is 131 Å². The van der Waals surface area contributed by atoms with Crippen molar-refractivity contribution in [1.29, 1.82) is 0 Å². The second-order valence-corrected chi connectivity index (χ2v) is 10.6. The van der Waals surface area contributed by atoms with E-state index in [2.05, 4.69) is 4.99 Å². The summed E-state index contributed by atoms with van der Waals surface area (Å²) >= 11 is 1.24. The van der Waals surface area contributed by atoms with Crippen LogP contribution in [-0.2, 0) is 16.1 Å². The van der Waals surface area contributed by atoms with Crippen molar-refractivity contribution in [2.24, 2.45) is 4.99 Å². The molecule has 43 heavy (non-hydrogen) atoms. The Morgan fingerprint density at radius 2 is 1.77 bits per heavy atom. The van der Waals surface area contributed by atoms with Gasteiger partial charge in [-0.15, -0.1) is 0 Å². The Bertz CT molecular complexity index is 1880. The van der Waals surface area contributed by atoms with Crippen molar-refractivity contribution < 1.29 is 23.9 Å². The molecule has 11 heteroatoms. The van der Waals surface area contributed by atoms with E-state index in [1.807, 2.05) is 43.3 Å². The van der Waals surface area contributed by atoms with Crippen LogP contribution in [0, 0.1) is 10.1 Å². The molecule has 0 spiro atoms. The van der Waals surface area contributed by atoms with E-state index < -0.39 is 16.9 Å². The molecule has 0 saturated carbocycles. The number of nitro benzene ring substituents is 1. The minimum absolute atomic E-state index is 0.00996. The minimum atomic E-state index is -0.673. The molecule has 1 unspecified atom stereocenters. The zero-order valence-corrected chi connectivity index (χ0v) is 24.6. The largest absolute Gasteiger partial charge is 0.490 e. The van der Waals surface area contributed by atoms with Gasteiger partial charge in [0.1, 0.15) is 6.61 Å². The smallest absolute Gasteiger partial charge is 0.338 e. The van der Waals surface area contributed by atoms with Gasteiger partial charge in [-0.25, -0.2) is 9.79 Å². The SMILES string of the molecule is CCOC(=O)C1=C(C)N=c2s/c(=C/c3ccc(OCc4ccc([N+](=O)[O-])cc4)c(OCC)c3)c(=O)n2C1c1ccccc1. The summed E-state index contributed by atoms with van der Waals surface area (Å²) in [6, 6.07) is 20.2. The third kappa shape index (κ3) is 6.26. The molecule has 0 fully saturated rings. The first-order chi connectivity index (χ1) is 20.8. The average Bonchev–Trinajstić information content (AvgIpc) is 3.30. The van der Waals surface area contributed by atoms with Gasteiger partial charge >= 0.3 is 5.97 Å². The second-order valence-electron chi connectivity index (χ2n) is 9.56. The van der Waals surface area contributed by atoms with Crippen molar-refractivity contribution in [2.75, 3.05) is 13.2 Å². The highest BCUT2D eigenvalue weighted by molar-refractivity contribution is 7.07. The quantitative estimate of drug-likeness (QED) is 0.147. The third-order valence-corrected chi connectivity index (χ3v) is 7.72. The number of thiazole rings is 1. The van der Waals surface area contributed by atoms with E-state index in [-0.39, 0.29) is 24.5 Å². The van der Waals surface area contributed by atoms with Crippen molar-refractivity contribution in [1.82, 2.24) is 4.57 Å². The summed E-state index contributed by atoms with van der Waals surface area (Å²) < 4.78 is 19.1. The molecule has 2 heterocycles. The number of nitrogens with zero attached hydrogens (tertiary/aromatic N) is 3. The molecule has 5 rings (SSSR count). The molecule has 0 bridgehead atoms. The number of non-ortho nitro benzene ring substituents is 1. The number of fused-ring (bicyclic) bond motifs is 1. The Morgan fingerprint density at radius 1 is 1.02 bits per heavy atom. The van der Waals surface area contributed by atoms with E-state index in [1.165, 1.54) is 23.5 Å². The van der Waals surface area contributed by atoms with Crippen LogP contribution < -0.4 is 24.4 Å². The van der Waals surface area contributed by atoms with Crippen LogP contribution in [0.1, 0.15) is 43.5 Å². The lowest BCUT2D eigenvalue weighted by Gasteiger charge is -2.24. The number of hydrogen-bond donors (Lipinski definition) is 0. The first-order valence-electron chi connectivity index (χ1n) is 13.7. The Labute approximate surface area is 251 Å². The zero-order chi connectivity index (χ0) is 30.5. The summed E-state index contributed by atoms with van der Waals surface area (Å²) in [5, 5.41) is 10.9. The Hall–Kier alpha value is -5.03. The normalized spacial score (nSPS) is 14.6. The van der Waals surface area contributed by atoms with Crippen molar-refractivity contribution in [3.8, 4) is 11.5 Å². The zero-order valence-electron chi connectivity index (χ0n) is 23.8. The van der Waals surface area contributed by atoms with E-state index >= 15 is 0 Å². The summed E-state index contributed by atoms with van der Waals surface area (Å²) in [6.07, 6.45) is 1.76. The van der Waals surface area contributed by atoms with Crippen molar-refractivity contribution in [3.63, 3.8) is 0 Å². The summed E-state index contributed by atoms with van der Waals surface area (Å²) in [5.41, 5.74) is 2.84. The fraction of sp³-hybridized carbons (Fsp3) is 0.219. The lowest BCUT2D eigenvalue weighted by atomic mass is 9.96. The maximum absolute atomic E-state index is 13.8. The number of hydrogen-bond acceptors (Lipinski definition) is 9. The third-order valence-electron chi connectivity index (χ3n) is 6.74. The maximum atomic E-state index is 13.8. The Balaban J connectivity index is 1.50. The molecule has 1 aliphatic heterocycles. The minimum Gasteiger partial charge on any atom is -0.490 e. The lowest BCUT2D eigenvalue weighted by Crippen LogP contribution is -2.39. The first kappa shape index (κ1) is 29.5. The molecule has 0 saturated heterocycles. The summed E-state index contributed by atoms with van der Waals surface area (Å²) in [4.78, 5) is 42.4. The summed E-state index contributed by atoms with van der Waals surface area (Å²) in [7, 11) is 0.